The molecule has 0 unspecified atom stereocenters. The van der Waals surface area contributed by atoms with E-state index in [1.54, 1.807) is 18.2 Å². The summed E-state index contributed by atoms with van der Waals surface area (Å²) in [6, 6.07) is 7.65. The SMILES string of the molecule is CCCCCCOc1cc(O)c(O)c2c1C(=O)c1ccccc1C2=O. The molecule has 0 saturated carbocycles. The summed E-state index contributed by atoms with van der Waals surface area (Å²) in [4.78, 5) is 25.6. The third kappa shape index (κ3) is 2.97. The lowest BCUT2D eigenvalue weighted by molar-refractivity contribution is 0.0972. The molecule has 2 aromatic carbocycles. The fraction of sp³-hybridized carbons (Fsp3) is 0.300. The highest BCUT2D eigenvalue weighted by atomic mass is 16.5. The molecule has 0 fully saturated rings. The number of unbranched alkanes of at least 4 members (excludes halogenated alkanes) is 3. The Morgan fingerprint density at radius 2 is 1.56 bits per heavy atom. The van der Waals surface area contributed by atoms with Crippen LogP contribution in [0.5, 0.6) is 17.2 Å². The lowest BCUT2D eigenvalue weighted by Gasteiger charge is -2.21. The van der Waals surface area contributed by atoms with Gasteiger partial charge in [-0.3, -0.25) is 9.59 Å². The Balaban J connectivity index is 2.01. The number of fused-ring (bicyclic) bond motifs is 2. The van der Waals surface area contributed by atoms with E-state index in [4.69, 9.17) is 4.74 Å². The van der Waals surface area contributed by atoms with Crippen molar-refractivity contribution in [3.63, 3.8) is 0 Å². The van der Waals surface area contributed by atoms with Crippen LogP contribution in [0.1, 0.15) is 64.4 Å². The van der Waals surface area contributed by atoms with Gasteiger partial charge in [0, 0.05) is 17.2 Å². The van der Waals surface area contributed by atoms with E-state index in [0.29, 0.717) is 6.61 Å². The number of aromatic hydroxyl groups is 2. The molecule has 0 aromatic heterocycles. The van der Waals surface area contributed by atoms with E-state index >= 15 is 0 Å². The summed E-state index contributed by atoms with van der Waals surface area (Å²) in [5, 5.41) is 20.1. The smallest absolute Gasteiger partial charge is 0.198 e. The molecular formula is C20H20O5. The van der Waals surface area contributed by atoms with Crippen molar-refractivity contribution in [3.8, 4) is 17.2 Å². The van der Waals surface area contributed by atoms with Crippen LogP contribution in [0.15, 0.2) is 30.3 Å². The fourth-order valence-corrected chi connectivity index (χ4v) is 3.05. The molecular weight excluding hydrogens is 320 g/mol. The largest absolute Gasteiger partial charge is 0.504 e. The minimum absolute atomic E-state index is 0.0227. The normalized spacial score (nSPS) is 12.7. The van der Waals surface area contributed by atoms with Crippen molar-refractivity contribution in [3.05, 3.63) is 52.6 Å². The predicted octanol–water partition coefficient (Wildman–Crippen LogP) is 3.83. The Labute approximate surface area is 145 Å². The monoisotopic (exact) mass is 340 g/mol. The first-order chi connectivity index (χ1) is 12.1. The minimum atomic E-state index is -0.582. The van der Waals surface area contributed by atoms with E-state index in [9.17, 15) is 19.8 Å². The Morgan fingerprint density at radius 3 is 2.20 bits per heavy atom. The molecule has 0 amide bonds. The summed E-state index contributed by atoms with van der Waals surface area (Å²) in [5.74, 6) is -1.79. The molecule has 0 bridgehead atoms. The zero-order valence-corrected chi connectivity index (χ0v) is 14.0. The number of rotatable bonds is 6. The van der Waals surface area contributed by atoms with Crippen molar-refractivity contribution in [2.75, 3.05) is 6.61 Å². The number of benzene rings is 2. The topological polar surface area (TPSA) is 83.8 Å². The molecule has 2 aromatic rings. The van der Waals surface area contributed by atoms with Crippen LogP contribution in [0, 0.1) is 0 Å². The standard InChI is InChI=1S/C20H20O5/c1-2-3-4-7-10-25-15-11-14(21)20(24)17-16(15)18(22)12-8-5-6-9-13(12)19(17)23/h5-6,8-9,11,21,24H,2-4,7,10H2,1H3. The number of phenols is 2. The van der Waals surface area contributed by atoms with Gasteiger partial charge in [0.15, 0.2) is 23.1 Å². The zero-order valence-electron chi connectivity index (χ0n) is 14.0. The highest BCUT2D eigenvalue weighted by molar-refractivity contribution is 6.30. The van der Waals surface area contributed by atoms with Crippen LogP contribution in [0.2, 0.25) is 0 Å². The van der Waals surface area contributed by atoms with Gasteiger partial charge in [0.05, 0.1) is 17.7 Å². The van der Waals surface area contributed by atoms with Crippen molar-refractivity contribution in [1.29, 1.82) is 0 Å². The van der Waals surface area contributed by atoms with Gasteiger partial charge < -0.3 is 14.9 Å². The van der Waals surface area contributed by atoms with Crippen molar-refractivity contribution < 1.29 is 24.5 Å². The summed E-state index contributed by atoms with van der Waals surface area (Å²) in [5.41, 5.74) is 0.331. The average Bonchev–Trinajstić information content (AvgIpc) is 2.62. The Morgan fingerprint density at radius 1 is 0.920 bits per heavy atom. The molecule has 0 radical (unpaired) electrons. The third-order valence-corrected chi connectivity index (χ3v) is 4.37. The Bertz CT molecular complexity index is 838. The maximum absolute atomic E-state index is 12.8. The third-order valence-electron chi connectivity index (χ3n) is 4.37. The number of carbonyl (C=O) groups excluding carboxylic acids is 2. The molecule has 5 heteroatoms. The molecule has 2 N–H and O–H groups in total. The van der Waals surface area contributed by atoms with Gasteiger partial charge in [0.25, 0.3) is 0 Å². The Hall–Kier alpha value is -2.82. The average molecular weight is 340 g/mol. The molecule has 0 aliphatic heterocycles. The second kappa shape index (κ2) is 6.97. The van der Waals surface area contributed by atoms with Crippen LogP contribution >= 0.6 is 0 Å². The lowest BCUT2D eigenvalue weighted by atomic mass is 9.83. The van der Waals surface area contributed by atoms with Gasteiger partial charge in [-0.15, -0.1) is 0 Å². The van der Waals surface area contributed by atoms with Gasteiger partial charge in [-0.25, -0.2) is 0 Å². The number of hydrogen-bond acceptors (Lipinski definition) is 5. The number of phenolic OH excluding ortho intramolecular Hbond substituents is 2. The molecule has 25 heavy (non-hydrogen) atoms. The fourth-order valence-electron chi connectivity index (χ4n) is 3.05. The van der Waals surface area contributed by atoms with Gasteiger partial charge in [-0.05, 0) is 6.42 Å². The summed E-state index contributed by atoms with van der Waals surface area (Å²) >= 11 is 0. The van der Waals surface area contributed by atoms with E-state index in [2.05, 4.69) is 6.92 Å². The van der Waals surface area contributed by atoms with Crippen LogP contribution in [-0.4, -0.2) is 28.4 Å². The summed E-state index contributed by atoms with van der Waals surface area (Å²) in [6.07, 6.45) is 3.99. The molecule has 130 valence electrons. The number of ketones is 2. The van der Waals surface area contributed by atoms with Crippen molar-refractivity contribution in [2.45, 2.75) is 32.6 Å². The number of carbonyl (C=O) groups is 2. The highest BCUT2D eigenvalue weighted by Crippen LogP contribution is 2.43. The molecule has 0 atom stereocenters. The molecule has 3 rings (SSSR count). The predicted molar refractivity (Wildman–Crippen MR) is 92.7 cm³/mol. The first-order valence-electron chi connectivity index (χ1n) is 8.46. The van der Waals surface area contributed by atoms with Gasteiger partial charge in [0.1, 0.15) is 5.75 Å². The van der Waals surface area contributed by atoms with E-state index in [0.717, 1.165) is 25.7 Å². The molecule has 0 spiro atoms. The molecule has 0 heterocycles. The van der Waals surface area contributed by atoms with E-state index < -0.39 is 17.3 Å². The summed E-state index contributed by atoms with van der Waals surface area (Å²) < 4.78 is 5.68. The first-order valence-corrected chi connectivity index (χ1v) is 8.46. The van der Waals surface area contributed by atoms with Crippen LogP contribution < -0.4 is 4.74 Å². The van der Waals surface area contributed by atoms with Crippen molar-refractivity contribution in [1.82, 2.24) is 0 Å². The maximum atomic E-state index is 12.8. The zero-order chi connectivity index (χ0) is 18.0. The second-order valence-electron chi connectivity index (χ2n) is 6.11. The van der Waals surface area contributed by atoms with Crippen molar-refractivity contribution >= 4 is 11.6 Å². The number of ether oxygens (including phenoxy) is 1. The van der Waals surface area contributed by atoms with Gasteiger partial charge >= 0.3 is 0 Å². The van der Waals surface area contributed by atoms with E-state index in [1.165, 1.54) is 12.1 Å². The van der Waals surface area contributed by atoms with Crippen LogP contribution in [0.4, 0.5) is 0 Å². The molecule has 1 aliphatic carbocycles. The molecule has 1 aliphatic rings. The second-order valence-corrected chi connectivity index (χ2v) is 6.11. The quantitative estimate of drug-likeness (QED) is 0.526. The van der Waals surface area contributed by atoms with Gasteiger partial charge in [-0.2, -0.15) is 0 Å². The first kappa shape index (κ1) is 17.0. The van der Waals surface area contributed by atoms with Crippen LogP contribution in [-0.2, 0) is 0 Å². The molecule has 0 saturated heterocycles. The molecule has 5 nitrogen and oxygen atoms in total. The number of hydrogen-bond donors (Lipinski definition) is 2. The maximum Gasteiger partial charge on any atom is 0.198 e. The van der Waals surface area contributed by atoms with Gasteiger partial charge in [-0.1, -0.05) is 50.5 Å². The van der Waals surface area contributed by atoms with E-state index in [1.807, 2.05) is 0 Å². The summed E-state index contributed by atoms with van der Waals surface area (Å²) in [6.45, 7) is 2.48. The lowest BCUT2D eigenvalue weighted by Crippen LogP contribution is -2.22. The summed E-state index contributed by atoms with van der Waals surface area (Å²) in [7, 11) is 0. The highest BCUT2D eigenvalue weighted by Gasteiger charge is 2.36. The minimum Gasteiger partial charge on any atom is -0.504 e. The van der Waals surface area contributed by atoms with Crippen LogP contribution in [0.25, 0.3) is 0 Å². The Kier molecular flexibility index (Phi) is 4.74. The van der Waals surface area contributed by atoms with Crippen molar-refractivity contribution in [2.24, 2.45) is 0 Å². The van der Waals surface area contributed by atoms with Gasteiger partial charge in [0.2, 0.25) is 0 Å². The van der Waals surface area contributed by atoms with E-state index in [-0.39, 0.29) is 33.8 Å². The van der Waals surface area contributed by atoms with Crippen LogP contribution in [0.3, 0.4) is 0 Å².